The molecule has 0 unspecified atom stereocenters. The number of nitrogens with one attached hydrogen (secondary N) is 1. The highest BCUT2D eigenvalue weighted by molar-refractivity contribution is 7.92. The average Bonchev–Trinajstić information content (AvgIpc) is 2.53. The first-order valence-corrected chi connectivity index (χ1v) is 7.94. The third kappa shape index (κ3) is 2.73. The number of aryl methyl sites for hydroxylation is 1. The molecule has 0 aliphatic carbocycles. The van der Waals surface area contributed by atoms with E-state index in [0.29, 0.717) is 0 Å². The van der Waals surface area contributed by atoms with Gasteiger partial charge in [0.15, 0.2) is 0 Å². The number of anilines is 1. The Morgan fingerprint density at radius 3 is 2.65 bits per heavy atom. The highest BCUT2D eigenvalue weighted by Crippen LogP contribution is 2.18. The van der Waals surface area contributed by atoms with Gasteiger partial charge in [-0.2, -0.15) is 0 Å². The SMILES string of the molecule is Cn1c(=O)oc(=O)c2cc(S(=O)(=O)Nc3ccccn3)ccc21. The quantitative estimate of drug-likeness (QED) is 0.755. The summed E-state index contributed by atoms with van der Waals surface area (Å²) in [5.41, 5.74) is -0.610. The van der Waals surface area contributed by atoms with Crippen molar-refractivity contribution in [3.63, 3.8) is 0 Å². The van der Waals surface area contributed by atoms with E-state index < -0.39 is 21.4 Å². The molecular weight excluding hydrogens is 322 g/mol. The number of pyridine rings is 1. The Balaban J connectivity index is 2.14. The van der Waals surface area contributed by atoms with Crippen LogP contribution in [0, 0.1) is 0 Å². The number of fused-ring (bicyclic) bond motifs is 1. The Morgan fingerprint density at radius 2 is 1.96 bits per heavy atom. The number of hydrogen-bond acceptors (Lipinski definition) is 6. The highest BCUT2D eigenvalue weighted by atomic mass is 32.2. The topological polar surface area (TPSA) is 111 Å². The summed E-state index contributed by atoms with van der Waals surface area (Å²) in [6, 6.07) is 8.62. The van der Waals surface area contributed by atoms with Gasteiger partial charge in [-0.05, 0) is 30.3 Å². The largest absolute Gasteiger partial charge is 0.422 e. The van der Waals surface area contributed by atoms with E-state index >= 15 is 0 Å². The van der Waals surface area contributed by atoms with E-state index in [4.69, 9.17) is 0 Å². The summed E-state index contributed by atoms with van der Waals surface area (Å²) in [6.45, 7) is 0. The molecule has 1 aromatic carbocycles. The number of benzene rings is 1. The van der Waals surface area contributed by atoms with Crippen LogP contribution < -0.4 is 16.1 Å². The predicted molar refractivity (Wildman–Crippen MR) is 82.8 cm³/mol. The number of sulfonamides is 1. The third-order valence-electron chi connectivity index (χ3n) is 3.22. The van der Waals surface area contributed by atoms with Gasteiger partial charge in [-0.15, -0.1) is 0 Å². The molecule has 3 rings (SSSR count). The molecule has 2 aromatic heterocycles. The molecule has 0 radical (unpaired) electrons. The van der Waals surface area contributed by atoms with Gasteiger partial charge in [0, 0.05) is 13.2 Å². The van der Waals surface area contributed by atoms with Gasteiger partial charge in [-0.25, -0.2) is 23.0 Å². The van der Waals surface area contributed by atoms with Gasteiger partial charge in [-0.3, -0.25) is 9.29 Å². The molecule has 2 heterocycles. The fraction of sp³-hybridized carbons (Fsp3) is 0.0714. The second-order valence-electron chi connectivity index (χ2n) is 4.71. The lowest BCUT2D eigenvalue weighted by molar-refractivity contribution is 0.432. The normalized spacial score (nSPS) is 11.5. The minimum absolute atomic E-state index is 0.00371. The van der Waals surface area contributed by atoms with Crippen molar-refractivity contribution >= 4 is 26.7 Å². The fourth-order valence-electron chi connectivity index (χ4n) is 2.06. The zero-order valence-electron chi connectivity index (χ0n) is 11.9. The molecule has 0 bridgehead atoms. The molecule has 0 fully saturated rings. The molecule has 0 aliphatic rings. The molecule has 8 nitrogen and oxygen atoms in total. The Bertz CT molecular complexity index is 1100. The van der Waals surface area contributed by atoms with E-state index in [2.05, 4.69) is 14.1 Å². The van der Waals surface area contributed by atoms with E-state index in [-0.39, 0.29) is 21.6 Å². The summed E-state index contributed by atoms with van der Waals surface area (Å²) in [4.78, 5) is 27.0. The van der Waals surface area contributed by atoms with Gasteiger partial charge >= 0.3 is 11.4 Å². The summed E-state index contributed by atoms with van der Waals surface area (Å²) in [7, 11) is -2.50. The van der Waals surface area contributed by atoms with Crippen LogP contribution in [0.3, 0.4) is 0 Å². The smallest absolute Gasteiger partial charge is 0.372 e. The van der Waals surface area contributed by atoms with Crippen LogP contribution in [0.4, 0.5) is 5.82 Å². The van der Waals surface area contributed by atoms with Crippen LogP contribution in [-0.4, -0.2) is 18.0 Å². The summed E-state index contributed by atoms with van der Waals surface area (Å²) in [6.07, 6.45) is 1.45. The van der Waals surface area contributed by atoms with E-state index in [1.165, 1.54) is 31.4 Å². The second-order valence-corrected chi connectivity index (χ2v) is 6.40. The maximum absolute atomic E-state index is 12.4. The molecule has 0 aliphatic heterocycles. The van der Waals surface area contributed by atoms with Crippen molar-refractivity contribution in [1.82, 2.24) is 9.55 Å². The van der Waals surface area contributed by atoms with E-state index in [1.54, 1.807) is 12.1 Å². The van der Waals surface area contributed by atoms with Gasteiger partial charge in [0.2, 0.25) is 0 Å². The minimum Gasteiger partial charge on any atom is -0.372 e. The summed E-state index contributed by atoms with van der Waals surface area (Å²) >= 11 is 0. The van der Waals surface area contributed by atoms with Crippen LogP contribution in [0.2, 0.25) is 0 Å². The Kier molecular flexibility index (Phi) is 3.49. The van der Waals surface area contributed by atoms with Crippen LogP contribution in [0.1, 0.15) is 0 Å². The molecule has 118 valence electrons. The molecule has 0 atom stereocenters. The molecule has 0 amide bonds. The number of hydrogen-bond donors (Lipinski definition) is 1. The van der Waals surface area contributed by atoms with Crippen molar-refractivity contribution in [2.75, 3.05) is 4.72 Å². The molecule has 9 heteroatoms. The van der Waals surface area contributed by atoms with Crippen molar-refractivity contribution in [2.24, 2.45) is 7.05 Å². The highest BCUT2D eigenvalue weighted by Gasteiger charge is 2.17. The lowest BCUT2D eigenvalue weighted by atomic mass is 10.2. The molecule has 1 N–H and O–H groups in total. The Labute approximate surface area is 130 Å². The summed E-state index contributed by atoms with van der Waals surface area (Å²) in [5, 5.41) is -0.00371. The number of rotatable bonds is 3. The Morgan fingerprint density at radius 1 is 1.17 bits per heavy atom. The number of nitrogens with zero attached hydrogens (tertiary/aromatic N) is 2. The average molecular weight is 333 g/mol. The van der Waals surface area contributed by atoms with Gasteiger partial charge in [0.05, 0.1) is 15.8 Å². The summed E-state index contributed by atoms with van der Waals surface area (Å²) in [5.74, 6) is -0.662. The van der Waals surface area contributed by atoms with Gasteiger partial charge in [0.25, 0.3) is 10.0 Å². The zero-order chi connectivity index (χ0) is 16.6. The first-order chi connectivity index (χ1) is 10.9. The van der Waals surface area contributed by atoms with Crippen molar-refractivity contribution in [3.8, 4) is 0 Å². The van der Waals surface area contributed by atoms with Crippen LogP contribution in [0.5, 0.6) is 0 Å². The lowest BCUT2D eigenvalue weighted by Gasteiger charge is -2.08. The maximum Gasteiger partial charge on any atom is 0.422 e. The second kappa shape index (κ2) is 5.36. The molecule has 0 spiro atoms. The Hall–Kier alpha value is -2.94. The molecular formula is C14H11N3O5S. The van der Waals surface area contributed by atoms with Crippen LogP contribution >= 0.6 is 0 Å². The van der Waals surface area contributed by atoms with E-state index in [1.807, 2.05) is 0 Å². The van der Waals surface area contributed by atoms with E-state index in [0.717, 1.165) is 10.6 Å². The first kappa shape index (κ1) is 15.0. The lowest BCUT2D eigenvalue weighted by Crippen LogP contribution is -2.23. The predicted octanol–water partition coefficient (Wildman–Crippen LogP) is 0.687. The minimum atomic E-state index is -3.92. The van der Waals surface area contributed by atoms with Crippen molar-refractivity contribution in [1.29, 1.82) is 0 Å². The van der Waals surface area contributed by atoms with Gasteiger partial charge in [0.1, 0.15) is 5.82 Å². The van der Waals surface area contributed by atoms with Crippen molar-refractivity contribution < 1.29 is 12.8 Å². The maximum atomic E-state index is 12.4. The number of aromatic nitrogens is 2. The molecule has 0 saturated heterocycles. The molecule has 3 aromatic rings. The standard InChI is InChI=1S/C14H11N3O5S/c1-17-11-6-5-9(8-10(11)13(18)22-14(17)19)23(20,21)16-12-4-2-3-7-15-12/h2-8H,1H3,(H,15,16). The van der Waals surface area contributed by atoms with Crippen LogP contribution in [0.25, 0.3) is 10.9 Å². The molecule has 0 saturated carbocycles. The van der Waals surface area contributed by atoms with Crippen molar-refractivity contribution in [3.05, 3.63) is 63.6 Å². The van der Waals surface area contributed by atoms with Crippen LogP contribution in [-0.2, 0) is 17.1 Å². The summed E-state index contributed by atoms with van der Waals surface area (Å²) < 4.78 is 32.7. The van der Waals surface area contributed by atoms with Gasteiger partial charge in [-0.1, -0.05) is 6.07 Å². The third-order valence-corrected chi connectivity index (χ3v) is 4.57. The first-order valence-electron chi connectivity index (χ1n) is 6.46. The zero-order valence-corrected chi connectivity index (χ0v) is 12.7. The van der Waals surface area contributed by atoms with Crippen molar-refractivity contribution in [2.45, 2.75) is 4.90 Å². The monoisotopic (exact) mass is 333 g/mol. The van der Waals surface area contributed by atoms with Gasteiger partial charge < -0.3 is 4.42 Å². The van der Waals surface area contributed by atoms with E-state index in [9.17, 15) is 18.0 Å². The van der Waals surface area contributed by atoms with Crippen LogP contribution in [0.15, 0.2) is 61.5 Å². The fourth-order valence-corrected chi connectivity index (χ4v) is 3.09. The molecule has 23 heavy (non-hydrogen) atoms.